The Kier molecular flexibility index (Phi) is 11.8. The van der Waals surface area contributed by atoms with E-state index in [0.717, 1.165) is 18.8 Å². The van der Waals surface area contributed by atoms with Crippen molar-refractivity contribution >= 4 is 11.9 Å². The predicted octanol–water partition coefficient (Wildman–Crippen LogP) is 3.46. The fraction of sp³-hybridized carbons (Fsp3) is 0.391. The van der Waals surface area contributed by atoms with Gasteiger partial charge in [0.05, 0.1) is 13.2 Å². The highest BCUT2D eigenvalue weighted by molar-refractivity contribution is 6.27. The lowest BCUT2D eigenvalue weighted by Crippen LogP contribution is -2.20. The second-order valence-electron chi connectivity index (χ2n) is 6.91. The third-order valence-electron chi connectivity index (χ3n) is 4.14. The molecule has 0 heterocycles. The molecule has 2 aromatic rings. The van der Waals surface area contributed by atoms with E-state index in [4.69, 9.17) is 29.3 Å². The van der Waals surface area contributed by atoms with E-state index in [0.29, 0.717) is 25.7 Å². The van der Waals surface area contributed by atoms with Gasteiger partial charge in [0.25, 0.3) is 0 Å². The number of carboxylic acid groups (broad SMARTS) is 2. The van der Waals surface area contributed by atoms with E-state index in [1.54, 1.807) is 0 Å². The zero-order valence-corrected chi connectivity index (χ0v) is 17.8. The van der Waals surface area contributed by atoms with Gasteiger partial charge in [-0.15, -0.1) is 0 Å². The molecule has 0 amide bonds. The van der Waals surface area contributed by atoms with Crippen molar-refractivity contribution in [2.75, 3.05) is 26.4 Å². The average Bonchev–Trinajstić information content (AvgIpc) is 2.71. The van der Waals surface area contributed by atoms with Crippen molar-refractivity contribution in [3.8, 4) is 5.75 Å². The van der Waals surface area contributed by atoms with E-state index < -0.39 is 11.9 Å². The highest BCUT2D eigenvalue weighted by atomic mass is 16.5. The van der Waals surface area contributed by atoms with Crippen LogP contribution in [0.1, 0.15) is 36.5 Å². The lowest BCUT2D eigenvalue weighted by atomic mass is 9.98. The van der Waals surface area contributed by atoms with Crippen LogP contribution >= 0.6 is 0 Å². The van der Waals surface area contributed by atoms with E-state index >= 15 is 0 Å². The molecule has 0 saturated carbocycles. The molecule has 2 aromatic carbocycles. The van der Waals surface area contributed by atoms with Gasteiger partial charge in [-0.05, 0) is 41.7 Å². The molecule has 0 aromatic heterocycles. The molecule has 0 aliphatic carbocycles. The van der Waals surface area contributed by atoms with E-state index in [2.05, 4.69) is 62.5 Å². The molecule has 7 nitrogen and oxygen atoms in total. The summed E-state index contributed by atoms with van der Waals surface area (Å²) in [6, 6.07) is 16.7. The van der Waals surface area contributed by atoms with Crippen LogP contribution in [0, 0.1) is 6.92 Å². The molecular formula is C23H31NO6. The van der Waals surface area contributed by atoms with Gasteiger partial charge >= 0.3 is 11.9 Å². The summed E-state index contributed by atoms with van der Waals surface area (Å²) < 4.78 is 11.4. The average molecular weight is 418 g/mol. The minimum atomic E-state index is -1.82. The summed E-state index contributed by atoms with van der Waals surface area (Å²) in [4.78, 5) is 18.2. The lowest BCUT2D eigenvalue weighted by Gasteiger charge is -2.12. The van der Waals surface area contributed by atoms with Crippen molar-refractivity contribution in [2.24, 2.45) is 0 Å². The number of hydrogen-bond donors (Lipinski definition) is 3. The van der Waals surface area contributed by atoms with E-state index in [9.17, 15) is 0 Å². The number of hydrogen-bond acceptors (Lipinski definition) is 5. The molecule has 0 fully saturated rings. The van der Waals surface area contributed by atoms with E-state index in [1.165, 1.54) is 16.7 Å². The first-order valence-electron chi connectivity index (χ1n) is 9.83. The number of ether oxygens (including phenoxy) is 2. The first-order chi connectivity index (χ1) is 14.3. The second kappa shape index (κ2) is 14.1. The van der Waals surface area contributed by atoms with Crippen molar-refractivity contribution in [1.29, 1.82) is 0 Å². The topological polar surface area (TPSA) is 105 Å². The van der Waals surface area contributed by atoms with Gasteiger partial charge in [0.1, 0.15) is 12.4 Å². The third-order valence-corrected chi connectivity index (χ3v) is 4.14. The molecule has 2 rings (SSSR count). The van der Waals surface area contributed by atoms with Crippen molar-refractivity contribution in [3.05, 3.63) is 65.2 Å². The zero-order chi connectivity index (χ0) is 22.4. The van der Waals surface area contributed by atoms with Crippen LogP contribution in [0.25, 0.3) is 0 Å². The molecule has 3 N–H and O–H groups in total. The Morgan fingerprint density at radius 3 is 2.20 bits per heavy atom. The van der Waals surface area contributed by atoms with Crippen molar-refractivity contribution in [2.45, 2.75) is 33.2 Å². The number of carbonyl (C=O) groups is 2. The maximum atomic E-state index is 9.10. The predicted molar refractivity (Wildman–Crippen MR) is 115 cm³/mol. The summed E-state index contributed by atoms with van der Waals surface area (Å²) in [5.74, 6) is -2.18. The normalized spacial score (nSPS) is 10.3. The number of rotatable bonds is 10. The van der Waals surface area contributed by atoms with Crippen LogP contribution in [0.4, 0.5) is 0 Å². The molecule has 0 saturated heterocycles. The Labute approximate surface area is 177 Å². The van der Waals surface area contributed by atoms with Crippen molar-refractivity contribution in [1.82, 2.24) is 5.32 Å². The molecule has 0 radical (unpaired) electrons. The number of aliphatic carboxylic acids is 2. The van der Waals surface area contributed by atoms with Crippen LogP contribution in [-0.4, -0.2) is 48.5 Å². The van der Waals surface area contributed by atoms with Gasteiger partial charge in [-0.3, -0.25) is 0 Å². The Hall–Kier alpha value is -2.90. The summed E-state index contributed by atoms with van der Waals surface area (Å²) in [6.45, 7) is 10.2. The highest BCUT2D eigenvalue weighted by Gasteiger charge is 2.05. The summed E-state index contributed by atoms with van der Waals surface area (Å²) in [5, 5.41) is 18.2. The summed E-state index contributed by atoms with van der Waals surface area (Å²) in [5.41, 5.74) is 3.96. The lowest BCUT2D eigenvalue weighted by molar-refractivity contribution is -0.159. The molecule has 0 bridgehead atoms. The molecule has 0 aliphatic heterocycles. The second-order valence-corrected chi connectivity index (χ2v) is 6.91. The van der Waals surface area contributed by atoms with E-state index in [-0.39, 0.29) is 0 Å². The quantitative estimate of drug-likeness (QED) is 0.402. The molecule has 7 heteroatoms. The first kappa shape index (κ1) is 25.1. The molecule has 0 spiro atoms. The number of aryl methyl sites for hydroxylation is 1. The number of carboxylic acids is 2. The van der Waals surface area contributed by atoms with Crippen molar-refractivity contribution < 1.29 is 29.3 Å². The summed E-state index contributed by atoms with van der Waals surface area (Å²) in [7, 11) is 0. The van der Waals surface area contributed by atoms with Gasteiger partial charge in [-0.25, -0.2) is 9.59 Å². The van der Waals surface area contributed by atoms with Gasteiger partial charge < -0.3 is 25.0 Å². The van der Waals surface area contributed by atoms with Crippen LogP contribution in [-0.2, 0) is 20.9 Å². The molecular weight excluding hydrogens is 386 g/mol. The van der Waals surface area contributed by atoms with Crippen LogP contribution in [0.15, 0.2) is 48.5 Å². The molecule has 0 atom stereocenters. The smallest absolute Gasteiger partial charge is 0.414 e. The standard InChI is InChI=1S/C21H29NO2.C2H2O4/c1-17(2)21-10-9-20(15-18(21)3)24-14-13-23-12-11-22-16-19-7-5-4-6-8-19;3-1(4)2(5)6/h4-10,15,17,22H,11-14,16H2,1-3H3;(H,3,4)(H,5,6). The largest absolute Gasteiger partial charge is 0.491 e. The number of benzene rings is 2. The monoisotopic (exact) mass is 417 g/mol. The third kappa shape index (κ3) is 10.6. The molecule has 0 unspecified atom stereocenters. The summed E-state index contributed by atoms with van der Waals surface area (Å²) in [6.07, 6.45) is 0. The summed E-state index contributed by atoms with van der Waals surface area (Å²) >= 11 is 0. The Morgan fingerprint density at radius 2 is 1.63 bits per heavy atom. The van der Waals surface area contributed by atoms with Crippen molar-refractivity contribution in [3.63, 3.8) is 0 Å². The van der Waals surface area contributed by atoms with Gasteiger partial charge in [0.15, 0.2) is 0 Å². The minimum Gasteiger partial charge on any atom is -0.491 e. The maximum Gasteiger partial charge on any atom is 0.414 e. The van der Waals surface area contributed by atoms with Gasteiger partial charge in [0.2, 0.25) is 0 Å². The van der Waals surface area contributed by atoms with Gasteiger partial charge in [0, 0.05) is 13.1 Å². The molecule has 164 valence electrons. The fourth-order valence-electron chi connectivity index (χ4n) is 2.68. The Balaban J connectivity index is 0.000000656. The van der Waals surface area contributed by atoms with Crippen LogP contribution < -0.4 is 10.1 Å². The van der Waals surface area contributed by atoms with E-state index in [1.807, 2.05) is 12.1 Å². The fourth-order valence-corrected chi connectivity index (χ4v) is 2.68. The SMILES string of the molecule is Cc1cc(OCCOCCNCc2ccccc2)ccc1C(C)C.O=C(O)C(=O)O. The Bertz CT molecular complexity index is 765. The molecule has 30 heavy (non-hydrogen) atoms. The van der Waals surface area contributed by atoms with Crippen LogP contribution in [0.5, 0.6) is 5.75 Å². The zero-order valence-electron chi connectivity index (χ0n) is 17.8. The van der Waals surface area contributed by atoms with Crippen LogP contribution in [0.2, 0.25) is 0 Å². The maximum absolute atomic E-state index is 9.10. The molecule has 0 aliphatic rings. The number of nitrogens with one attached hydrogen (secondary N) is 1. The minimum absolute atomic E-state index is 0.547. The van der Waals surface area contributed by atoms with Gasteiger partial charge in [-0.1, -0.05) is 50.2 Å². The highest BCUT2D eigenvalue weighted by Crippen LogP contribution is 2.23. The Morgan fingerprint density at radius 1 is 0.967 bits per heavy atom. The van der Waals surface area contributed by atoms with Gasteiger partial charge in [-0.2, -0.15) is 0 Å². The van der Waals surface area contributed by atoms with Crippen LogP contribution in [0.3, 0.4) is 0 Å². The first-order valence-corrected chi connectivity index (χ1v) is 9.83.